The number of hydrogen-bond donors (Lipinski definition) is 2. The fourth-order valence-corrected chi connectivity index (χ4v) is 3.17. The lowest BCUT2D eigenvalue weighted by Gasteiger charge is -2.39. The summed E-state index contributed by atoms with van der Waals surface area (Å²) in [4.78, 5) is 12.0. The molecular weight excluding hydrogens is 236 g/mol. The van der Waals surface area contributed by atoms with E-state index in [4.69, 9.17) is 0 Å². The molecule has 0 aromatic heterocycles. The standard InChI is InChI=1S/C16H28N2O/c1-16(2)9-6-10-17-14(16)12-18-15(19)11-13-7-4-3-5-8-13/h7,14,17H,3-6,8-12H2,1-2H3,(H,18,19). The van der Waals surface area contributed by atoms with Gasteiger partial charge in [0.2, 0.25) is 5.91 Å². The van der Waals surface area contributed by atoms with Crippen molar-refractivity contribution < 1.29 is 4.79 Å². The number of amides is 1. The minimum Gasteiger partial charge on any atom is -0.354 e. The Bertz CT molecular complexity index is 347. The van der Waals surface area contributed by atoms with Gasteiger partial charge in [-0.15, -0.1) is 0 Å². The van der Waals surface area contributed by atoms with Crippen LogP contribution < -0.4 is 10.6 Å². The second kappa shape index (κ2) is 6.56. The topological polar surface area (TPSA) is 41.1 Å². The first kappa shape index (κ1) is 14.6. The predicted octanol–water partition coefficient (Wildman–Crippen LogP) is 2.77. The minimum absolute atomic E-state index is 0.191. The van der Waals surface area contributed by atoms with Gasteiger partial charge >= 0.3 is 0 Å². The van der Waals surface area contributed by atoms with Crippen LogP contribution in [0.2, 0.25) is 0 Å². The van der Waals surface area contributed by atoms with E-state index in [9.17, 15) is 4.79 Å². The van der Waals surface area contributed by atoms with E-state index in [0.717, 1.165) is 25.9 Å². The molecule has 0 saturated carbocycles. The third kappa shape index (κ3) is 4.34. The van der Waals surface area contributed by atoms with Crippen molar-refractivity contribution in [2.24, 2.45) is 5.41 Å². The highest BCUT2D eigenvalue weighted by atomic mass is 16.1. The molecule has 1 aliphatic carbocycles. The normalized spacial score (nSPS) is 26.6. The Balaban J connectivity index is 1.75. The number of rotatable bonds is 4. The second-order valence-electron chi connectivity index (χ2n) is 6.69. The van der Waals surface area contributed by atoms with Gasteiger partial charge in [0, 0.05) is 19.0 Å². The van der Waals surface area contributed by atoms with Crippen LogP contribution in [0.1, 0.15) is 58.8 Å². The first-order valence-electron chi connectivity index (χ1n) is 7.76. The van der Waals surface area contributed by atoms with E-state index in [-0.39, 0.29) is 11.3 Å². The Kier molecular flexibility index (Phi) is 5.03. The molecule has 0 radical (unpaired) electrons. The highest BCUT2D eigenvalue weighted by Crippen LogP contribution is 2.29. The zero-order chi connectivity index (χ0) is 13.7. The van der Waals surface area contributed by atoms with Crippen LogP contribution in [0.15, 0.2) is 11.6 Å². The molecule has 1 saturated heterocycles. The van der Waals surface area contributed by atoms with Crippen molar-refractivity contribution in [3.63, 3.8) is 0 Å². The average molecular weight is 264 g/mol. The molecule has 1 unspecified atom stereocenters. The Morgan fingerprint density at radius 3 is 2.95 bits per heavy atom. The van der Waals surface area contributed by atoms with Gasteiger partial charge < -0.3 is 10.6 Å². The van der Waals surface area contributed by atoms with Crippen LogP contribution >= 0.6 is 0 Å². The van der Waals surface area contributed by atoms with Gasteiger partial charge in [-0.3, -0.25) is 4.79 Å². The van der Waals surface area contributed by atoms with Crippen molar-refractivity contribution in [2.45, 2.75) is 64.8 Å². The van der Waals surface area contributed by atoms with Crippen LogP contribution in [0.3, 0.4) is 0 Å². The van der Waals surface area contributed by atoms with Crippen LogP contribution in [0.4, 0.5) is 0 Å². The Hall–Kier alpha value is -0.830. The number of carbonyl (C=O) groups excluding carboxylic acids is 1. The summed E-state index contributed by atoms with van der Waals surface area (Å²) < 4.78 is 0. The minimum atomic E-state index is 0.191. The van der Waals surface area contributed by atoms with Gasteiger partial charge in [0.05, 0.1) is 0 Å². The largest absolute Gasteiger partial charge is 0.354 e. The van der Waals surface area contributed by atoms with Gasteiger partial charge in [-0.25, -0.2) is 0 Å². The second-order valence-corrected chi connectivity index (χ2v) is 6.69. The van der Waals surface area contributed by atoms with Crippen molar-refractivity contribution in [3.05, 3.63) is 11.6 Å². The Morgan fingerprint density at radius 1 is 1.42 bits per heavy atom. The monoisotopic (exact) mass is 264 g/mol. The fraction of sp³-hybridized carbons (Fsp3) is 0.812. The number of nitrogens with one attached hydrogen (secondary N) is 2. The van der Waals surface area contributed by atoms with Crippen LogP contribution in [-0.2, 0) is 4.79 Å². The summed E-state index contributed by atoms with van der Waals surface area (Å²) in [6, 6.07) is 0.408. The van der Waals surface area contributed by atoms with E-state index in [1.807, 2.05) is 0 Å². The smallest absolute Gasteiger partial charge is 0.224 e. The summed E-state index contributed by atoms with van der Waals surface area (Å²) in [5, 5.41) is 6.65. The van der Waals surface area contributed by atoms with Crippen LogP contribution in [0.25, 0.3) is 0 Å². The van der Waals surface area contributed by atoms with E-state index >= 15 is 0 Å². The van der Waals surface area contributed by atoms with Crippen molar-refractivity contribution >= 4 is 5.91 Å². The van der Waals surface area contributed by atoms with E-state index < -0.39 is 0 Å². The maximum absolute atomic E-state index is 12.0. The molecule has 2 N–H and O–H groups in total. The molecule has 19 heavy (non-hydrogen) atoms. The molecule has 0 bridgehead atoms. The van der Waals surface area contributed by atoms with Crippen molar-refractivity contribution in [1.29, 1.82) is 0 Å². The summed E-state index contributed by atoms with van der Waals surface area (Å²) in [5.41, 5.74) is 1.62. The van der Waals surface area contributed by atoms with Gasteiger partial charge in [-0.05, 0) is 50.5 Å². The van der Waals surface area contributed by atoms with Crippen molar-refractivity contribution in [1.82, 2.24) is 10.6 Å². The third-order valence-corrected chi connectivity index (χ3v) is 4.61. The number of allylic oxidation sites excluding steroid dienone is 1. The molecular formula is C16H28N2O. The summed E-state index contributed by atoms with van der Waals surface area (Å²) >= 11 is 0. The molecule has 3 nitrogen and oxygen atoms in total. The summed E-state index contributed by atoms with van der Waals surface area (Å²) in [5.74, 6) is 0.191. The van der Waals surface area contributed by atoms with Crippen LogP contribution in [0, 0.1) is 5.41 Å². The van der Waals surface area contributed by atoms with Gasteiger partial charge in [-0.2, -0.15) is 0 Å². The molecule has 1 amide bonds. The zero-order valence-electron chi connectivity index (χ0n) is 12.4. The molecule has 1 fully saturated rings. The van der Waals surface area contributed by atoms with Gasteiger partial charge in [0.1, 0.15) is 0 Å². The zero-order valence-corrected chi connectivity index (χ0v) is 12.4. The molecule has 1 atom stereocenters. The van der Waals surface area contributed by atoms with Gasteiger partial charge in [0.15, 0.2) is 0 Å². The maximum atomic E-state index is 12.0. The predicted molar refractivity (Wildman–Crippen MR) is 79.0 cm³/mol. The summed E-state index contributed by atoms with van der Waals surface area (Å²) in [6.45, 7) is 6.42. The lowest BCUT2D eigenvalue weighted by molar-refractivity contribution is -0.120. The fourth-order valence-electron chi connectivity index (χ4n) is 3.17. The summed E-state index contributed by atoms with van der Waals surface area (Å²) in [6.07, 6.45) is 10.1. The van der Waals surface area contributed by atoms with Gasteiger partial charge in [-0.1, -0.05) is 25.5 Å². The SMILES string of the molecule is CC1(C)CCCNC1CNC(=O)CC1=CCCCC1. The molecule has 2 rings (SSSR count). The molecule has 0 spiro atoms. The third-order valence-electron chi connectivity index (χ3n) is 4.61. The lowest BCUT2D eigenvalue weighted by atomic mass is 9.77. The molecule has 1 aliphatic heterocycles. The number of piperidine rings is 1. The van der Waals surface area contributed by atoms with E-state index in [1.165, 1.54) is 31.3 Å². The molecule has 3 heteroatoms. The van der Waals surface area contributed by atoms with Crippen LogP contribution in [0.5, 0.6) is 0 Å². The van der Waals surface area contributed by atoms with Crippen molar-refractivity contribution in [2.75, 3.05) is 13.1 Å². The number of carbonyl (C=O) groups is 1. The summed E-state index contributed by atoms with van der Waals surface area (Å²) in [7, 11) is 0. The van der Waals surface area contributed by atoms with E-state index in [1.54, 1.807) is 0 Å². The Morgan fingerprint density at radius 2 is 2.26 bits per heavy atom. The average Bonchev–Trinajstić information content (AvgIpc) is 2.38. The maximum Gasteiger partial charge on any atom is 0.224 e. The molecule has 0 aromatic rings. The molecule has 2 aliphatic rings. The molecule has 0 aromatic carbocycles. The molecule has 108 valence electrons. The lowest BCUT2D eigenvalue weighted by Crippen LogP contribution is -2.52. The quantitative estimate of drug-likeness (QED) is 0.767. The van der Waals surface area contributed by atoms with Crippen LogP contribution in [-0.4, -0.2) is 25.0 Å². The molecule has 1 heterocycles. The number of hydrogen-bond acceptors (Lipinski definition) is 2. The first-order valence-corrected chi connectivity index (χ1v) is 7.76. The van der Waals surface area contributed by atoms with E-state index in [2.05, 4.69) is 30.6 Å². The Labute approximate surface area is 117 Å². The van der Waals surface area contributed by atoms with Gasteiger partial charge in [0.25, 0.3) is 0 Å². The van der Waals surface area contributed by atoms with Crippen molar-refractivity contribution in [3.8, 4) is 0 Å². The highest BCUT2D eigenvalue weighted by Gasteiger charge is 2.31. The van der Waals surface area contributed by atoms with E-state index in [0.29, 0.717) is 12.5 Å². The highest BCUT2D eigenvalue weighted by molar-refractivity contribution is 5.78. The first-order chi connectivity index (χ1) is 9.08.